The van der Waals surface area contributed by atoms with E-state index in [-0.39, 0.29) is 0 Å². The lowest BCUT2D eigenvalue weighted by Gasteiger charge is -2.16. The van der Waals surface area contributed by atoms with Crippen LogP contribution in [0.15, 0.2) is 36.9 Å². The highest BCUT2D eigenvalue weighted by atomic mass is 15.2. The first-order chi connectivity index (χ1) is 7.75. The molecule has 82 valence electrons. The fourth-order valence-corrected chi connectivity index (χ4v) is 1.36. The molecule has 0 aliphatic rings. The Balaban J connectivity index is 2.09. The van der Waals surface area contributed by atoms with E-state index in [1.807, 2.05) is 30.3 Å². The maximum absolute atomic E-state index is 5.53. The molecule has 0 unspecified atom stereocenters. The maximum Gasteiger partial charge on any atom is 0.225 e. The van der Waals surface area contributed by atoms with Gasteiger partial charge in [-0.25, -0.2) is 9.97 Å². The molecule has 5 nitrogen and oxygen atoms in total. The molecule has 5 heteroatoms. The van der Waals surface area contributed by atoms with Crippen LogP contribution in [0.5, 0.6) is 0 Å². The molecule has 0 saturated heterocycles. The van der Waals surface area contributed by atoms with Gasteiger partial charge in [-0.1, -0.05) is 6.07 Å². The van der Waals surface area contributed by atoms with Crippen molar-refractivity contribution in [3.8, 4) is 0 Å². The van der Waals surface area contributed by atoms with Gasteiger partial charge < -0.3 is 10.6 Å². The van der Waals surface area contributed by atoms with Crippen LogP contribution in [0.3, 0.4) is 0 Å². The fourth-order valence-electron chi connectivity index (χ4n) is 1.36. The number of rotatable bonds is 3. The highest BCUT2D eigenvalue weighted by Crippen LogP contribution is 2.09. The fraction of sp³-hybridized carbons (Fsp3) is 0.182. The number of hydrogen-bond acceptors (Lipinski definition) is 5. The first-order valence-corrected chi connectivity index (χ1v) is 4.93. The highest BCUT2D eigenvalue weighted by molar-refractivity contribution is 5.37. The molecule has 2 N–H and O–H groups in total. The van der Waals surface area contributed by atoms with Gasteiger partial charge in [0.05, 0.1) is 18.1 Å². The number of pyridine rings is 1. The van der Waals surface area contributed by atoms with E-state index in [4.69, 9.17) is 5.73 Å². The quantitative estimate of drug-likeness (QED) is 0.830. The van der Waals surface area contributed by atoms with E-state index in [0.717, 1.165) is 12.1 Å². The summed E-state index contributed by atoms with van der Waals surface area (Å²) in [4.78, 5) is 14.3. The Morgan fingerprint density at radius 2 is 2.00 bits per heavy atom. The number of nitrogen functional groups attached to an aromatic ring is 1. The molecule has 0 spiro atoms. The zero-order valence-electron chi connectivity index (χ0n) is 9.04. The molecule has 0 radical (unpaired) electrons. The third-order valence-corrected chi connectivity index (χ3v) is 2.14. The number of hydrogen-bond donors (Lipinski definition) is 1. The zero-order chi connectivity index (χ0) is 11.4. The molecule has 2 heterocycles. The minimum Gasteiger partial charge on any atom is -0.396 e. The van der Waals surface area contributed by atoms with E-state index < -0.39 is 0 Å². The average molecular weight is 215 g/mol. The van der Waals surface area contributed by atoms with Crippen molar-refractivity contribution in [2.45, 2.75) is 6.54 Å². The van der Waals surface area contributed by atoms with Crippen LogP contribution < -0.4 is 10.6 Å². The third-order valence-electron chi connectivity index (χ3n) is 2.14. The van der Waals surface area contributed by atoms with Crippen LogP contribution in [-0.2, 0) is 6.54 Å². The summed E-state index contributed by atoms with van der Waals surface area (Å²) in [6, 6.07) is 3.92. The van der Waals surface area contributed by atoms with Gasteiger partial charge in [0, 0.05) is 26.0 Å². The SMILES string of the molecule is CN(Cc1cccnc1)c1ncc(N)cn1. The van der Waals surface area contributed by atoms with Crippen molar-refractivity contribution in [3.05, 3.63) is 42.5 Å². The number of aromatic nitrogens is 3. The molecule has 0 amide bonds. The Kier molecular flexibility index (Phi) is 2.95. The molecule has 0 aliphatic heterocycles. The third kappa shape index (κ3) is 2.44. The van der Waals surface area contributed by atoms with Gasteiger partial charge in [0.1, 0.15) is 0 Å². The standard InChI is InChI=1S/C11H13N5/c1-16(8-9-3-2-4-13-5-9)11-14-6-10(12)7-15-11/h2-7H,8,12H2,1H3. The molecular weight excluding hydrogens is 202 g/mol. The van der Waals surface area contributed by atoms with Crippen LogP contribution in [0.1, 0.15) is 5.56 Å². The first-order valence-electron chi connectivity index (χ1n) is 4.93. The summed E-state index contributed by atoms with van der Waals surface area (Å²) in [5.41, 5.74) is 7.21. The van der Waals surface area contributed by atoms with Gasteiger partial charge >= 0.3 is 0 Å². The monoisotopic (exact) mass is 215 g/mol. The van der Waals surface area contributed by atoms with Crippen LogP contribution in [0.2, 0.25) is 0 Å². The molecule has 0 atom stereocenters. The van der Waals surface area contributed by atoms with Crippen LogP contribution in [0.4, 0.5) is 11.6 Å². The normalized spacial score (nSPS) is 10.1. The van der Waals surface area contributed by atoms with Crippen LogP contribution in [0.25, 0.3) is 0 Å². The molecule has 0 aromatic carbocycles. The van der Waals surface area contributed by atoms with Gasteiger partial charge in [0.15, 0.2) is 0 Å². The Bertz CT molecular complexity index is 440. The van der Waals surface area contributed by atoms with E-state index >= 15 is 0 Å². The van der Waals surface area contributed by atoms with Crippen molar-refractivity contribution in [2.75, 3.05) is 17.7 Å². The van der Waals surface area contributed by atoms with Gasteiger partial charge in [0.2, 0.25) is 5.95 Å². The summed E-state index contributed by atoms with van der Waals surface area (Å²) in [5.74, 6) is 0.651. The van der Waals surface area contributed by atoms with Gasteiger partial charge in [0.25, 0.3) is 0 Å². The Morgan fingerprint density at radius 3 is 2.62 bits per heavy atom. The molecule has 2 aromatic heterocycles. The van der Waals surface area contributed by atoms with Crippen LogP contribution in [-0.4, -0.2) is 22.0 Å². The summed E-state index contributed by atoms with van der Waals surface area (Å²) in [5, 5.41) is 0. The molecule has 0 fully saturated rings. The molecule has 16 heavy (non-hydrogen) atoms. The molecular formula is C11H13N5. The van der Waals surface area contributed by atoms with Crippen molar-refractivity contribution in [2.24, 2.45) is 0 Å². The lowest BCUT2D eigenvalue weighted by Crippen LogP contribution is -2.19. The predicted molar refractivity (Wildman–Crippen MR) is 62.8 cm³/mol. The van der Waals surface area contributed by atoms with E-state index in [1.54, 1.807) is 18.6 Å². The van der Waals surface area contributed by atoms with Crippen molar-refractivity contribution in [1.82, 2.24) is 15.0 Å². The molecule has 0 aliphatic carbocycles. The van der Waals surface area contributed by atoms with Crippen molar-refractivity contribution in [3.63, 3.8) is 0 Å². The number of anilines is 2. The summed E-state index contributed by atoms with van der Waals surface area (Å²) in [6.45, 7) is 0.720. The van der Waals surface area contributed by atoms with Crippen molar-refractivity contribution >= 4 is 11.6 Å². The van der Waals surface area contributed by atoms with Crippen molar-refractivity contribution in [1.29, 1.82) is 0 Å². The molecule has 0 bridgehead atoms. The average Bonchev–Trinajstić information content (AvgIpc) is 2.31. The zero-order valence-corrected chi connectivity index (χ0v) is 9.04. The largest absolute Gasteiger partial charge is 0.396 e. The highest BCUT2D eigenvalue weighted by Gasteiger charge is 2.04. The second-order valence-corrected chi connectivity index (χ2v) is 3.53. The van der Waals surface area contributed by atoms with E-state index in [0.29, 0.717) is 11.6 Å². The first kappa shape index (κ1) is 10.4. The van der Waals surface area contributed by atoms with Gasteiger partial charge in [-0.05, 0) is 11.6 Å². The van der Waals surface area contributed by atoms with Gasteiger partial charge in [-0.3, -0.25) is 4.98 Å². The second kappa shape index (κ2) is 4.57. The molecule has 0 saturated carbocycles. The lowest BCUT2D eigenvalue weighted by atomic mass is 10.3. The van der Waals surface area contributed by atoms with Gasteiger partial charge in [-0.2, -0.15) is 0 Å². The second-order valence-electron chi connectivity index (χ2n) is 3.53. The molecule has 2 rings (SSSR count). The minimum atomic E-state index is 0.568. The molecule has 2 aromatic rings. The Morgan fingerprint density at radius 1 is 1.25 bits per heavy atom. The van der Waals surface area contributed by atoms with E-state index in [1.165, 1.54) is 0 Å². The Hall–Kier alpha value is -2.17. The van der Waals surface area contributed by atoms with E-state index in [2.05, 4.69) is 15.0 Å². The summed E-state index contributed by atoms with van der Waals surface area (Å²) in [6.07, 6.45) is 6.78. The van der Waals surface area contributed by atoms with Gasteiger partial charge in [-0.15, -0.1) is 0 Å². The number of nitrogens with zero attached hydrogens (tertiary/aromatic N) is 4. The lowest BCUT2D eigenvalue weighted by molar-refractivity contribution is 0.863. The van der Waals surface area contributed by atoms with Crippen molar-refractivity contribution < 1.29 is 0 Å². The van der Waals surface area contributed by atoms with E-state index in [9.17, 15) is 0 Å². The summed E-state index contributed by atoms with van der Waals surface area (Å²) >= 11 is 0. The maximum atomic E-state index is 5.53. The predicted octanol–water partition coefficient (Wildman–Crippen LogP) is 1.09. The number of nitrogens with two attached hydrogens (primary N) is 1. The minimum absolute atomic E-state index is 0.568. The summed E-state index contributed by atoms with van der Waals surface area (Å²) in [7, 11) is 1.93. The van der Waals surface area contributed by atoms with Crippen LogP contribution in [0, 0.1) is 0 Å². The smallest absolute Gasteiger partial charge is 0.225 e. The Labute approximate surface area is 94.0 Å². The topological polar surface area (TPSA) is 67.9 Å². The summed E-state index contributed by atoms with van der Waals surface area (Å²) < 4.78 is 0. The van der Waals surface area contributed by atoms with Crippen LogP contribution >= 0.6 is 0 Å².